The number of benzene rings is 2. The molecule has 1 N–H and O–H groups in total. The summed E-state index contributed by atoms with van der Waals surface area (Å²) in [7, 11) is 0. The van der Waals surface area contributed by atoms with Gasteiger partial charge in [0, 0.05) is 28.9 Å². The molecule has 0 radical (unpaired) electrons. The minimum atomic E-state index is -0.548. The minimum Gasteiger partial charge on any atom is -0.354 e. The summed E-state index contributed by atoms with van der Waals surface area (Å²) >= 11 is 13.9. The number of carbonyl (C=O) groups excluding carboxylic acids is 2. The number of rotatable bonds is 12. The summed E-state index contributed by atoms with van der Waals surface area (Å²) in [6.45, 7) is 4.87. The molecule has 31 heavy (non-hydrogen) atoms. The van der Waals surface area contributed by atoms with Crippen LogP contribution in [0.2, 0.25) is 10.0 Å². The van der Waals surface area contributed by atoms with Crippen molar-refractivity contribution in [3.8, 4) is 0 Å². The molecule has 168 valence electrons. The molecule has 0 unspecified atom stereocenters. The first-order valence-electron chi connectivity index (χ1n) is 10.6. The Morgan fingerprint density at radius 3 is 2.48 bits per heavy atom. The lowest BCUT2D eigenvalue weighted by Crippen LogP contribution is -2.49. The number of hydrogen-bond acceptors (Lipinski definition) is 3. The Balaban J connectivity index is 2.14. The Labute approximate surface area is 199 Å². The molecule has 0 saturated heterocycles. The Hall–Kier alpha value is -1.69. The molecule has 2 amide bonds. The van der Waals surface area contributed by atoms with E-state index in [-0.39, 0.29) is 18.4 Å². The van der Waals surface area contributed by atoms with Gasteiger partial charge in [0.15, 0.2) is 0 Å². The van der Waals surface area contributed by atoms with Crippen LogP contribution in [0.4, 0.5) is 0 Å². The van der Waals surface area contributed by atoms with Gasteiger partial charge in [0.2, 0.25) is 11.8 Å². The van der Waals surface area contributed by atoms with Crippen molar-refractivity contribution >= 4 is 46.8 Å². The zero-order valence-corrected chi connectivity index (χ0v) is 20.4. The highest BCUT2D eigenvalue weighted by molar-refractivity contribution is 7.99. The van der Waals surface area contributed by atoms with Crippen LogP contribution in [0.3, 0.4) is 0 Å². The summed E-state index contributed by atoms with van der Waals surface area (Å²) in [4.78, 5) is 27.7. The van der Waals surface area contributed by atoms with Crippen LogP contribution in [0.25, 0.3) is 0 Å². The molecule has 2 aromatic rings. The van der Waals surface area contributed by atoms with Crippen molar-refractivity contribution in [2.24, 2.45) is 0 Å². The average molecular weight is 481 g/mol. The Kier molecular flexibility index (Phi) is 11.3. The smallest absolute Gasteiger partial charge is 0.242 e. The minimum absolute atomic E-state index is 0.0792. The average Bonchev–Trinajstić information content (AvgIpc) is 2.76. The SMILES string of the molecule is CCCCNC(=O)[C@H](CC)N(Cc1ccc(Cl)cc1Cl)C(=O)CSCc1ccccc1. The van der Waals surface area contributed by atoms with E-state index in [1.807, 2.05) is 43.3 Å². The third-order valence-electron chi connectivity index (χ3n) is 4.91. The summed E-state index contributed by atoms with van der Waals surface area (Å²) in [5, 5.41) is 3.99. The van der Waals surface area contributed by atoms with Crippen LogP contribution >= 0.6 is 35.0 Å². The molecule has 0 saturated carbocycles. The fraction of sp³-hybridized carbons (Fsp3) is 0.417. The van der Waals surface area contributed by atoms with E-state index >= 15 is 0 Å². The van der Waals surface area contributed by atoms with E-state index in [4.69, 9.17) is 23.2 Å². The van der Waals surface area contributed by atoms with Crippen molar-refractivity contribution in [1.29, 1.82) is 0 Å². The van der Waals surface area contributed by atoms with Gasteiger partial charge in [-0.15, -0.1) is 11.8 Å². The van der Waals surface area contributed by atoms with Crippen LogP contribution in [0.1, 0.15) is 44.2 Å². The summed E-state index contributed by atoms with van der Waals surface area (Å²) in [5.74, 6) is 0.826. The third-order valence-corrected chi connectivity index (χ3v) is 6.48. The van der Waals surface area contributed by atoms with Gasteiger partial charge in [0.05, 0.1) is 5.75 Å². The van der Waals surface area contributed by atoms with E-state index in [2.05, 4.69) is 12.2 Å². The standard InChI is InChI=1S/C24H30Cl2N2O2S/c1-3-5-13-27-24(30)22(4-2)28(15-19-11-12-20(25)14-21(19)26)23(29)17-31-16-18-9-7-6-8-10-18/h6-12,14,22H,3-5,13,15-17H2,1-2H3,(H,27,30)/t22-/m0/s1. The number of nitrogens with one attached hydrogen (secondary N) is 1. The number of amides is 2. The molecular formula is C24H30Cl2N2O2S. The first kappa shape index (κ1) is 25.6. The molecule has 0 aliphatic carbocycles. The van der Waals surface area contributed by atoms with Gasteiger partial charge < -0.3 is 10.2 Å². The Bertz CT molecular complexity index is 849. The zero-order chi connectivity index (χ0) is 22.6. The predicted octanol–water partition coefficient (Wildman–Crippen LogP) is 5.95. The topological polar surface area (TPSA) is 49.4 Å². The first-order valence-corrected chi connectivity index (χ1v) is 12.5. The van der Waals surface area contributed by atoms with Crippen LogP contribution in [-0.4, -0.2) is 35.1 Å². The highest BCUT2D eigenvalue weighted by Crippen LogP contribution is 2.24. The van der Waals surface area contributed by atoms with Gasteiger partial charge in [-0.3, -0.25) is 9.59 Å². The lowest BCUT2D eigenvalue weighted by atomic mass is 10.1. The molecule has 0 spiro atoms. The number of carbonyl (C=O) groups is 2. The van der Waals surface area contributed by atoms with Crippen molar-refractivity contribution in [1.82, 2.24) is 10.2 Å². The van der Waals surface area contributed by atoms with Gasteiger partial charge in [-0.1, -0.05) is 79.9 Å². The number of halogens is 2. The molecular weight excluding hydrogens is 451 g/mol. The number of unbranched alkanes of at least 4 members (excludes halogenated alkanes) is 1. The summed E-state index contributed by atoms with van der Waals surface area (Å²) in [6.07, 6.45) is 2.43. The molecule has 4 nitrogen and oxygen atoms in total. The number of hydrogen-bond donors (Lipinski definition) is 1. The first-order chi connectivity index (χ1) is 15.0. The number of thioether (sulfide) groups is 1. The maximum atomic E-state index is 13.2. The highest BCUT2D eigenvalue weighted by Gasteiger charge is 2.28. The molecule has 0 aromatic heterocycles. The lowest BCUT2D eigenvalue weighted by molar-refractivity contribution is -0.139. The second-order valence-electron chi connectivity index (χ2n) is 7.30. The second-order valence-corrected chi connectivity index (χ2v) is 9.13. The van der Waals surface area contributed by atoms with Crippen LogP contribution in [0.15, 0.2) is 48.5 Å². The molecule has 0 fully saturated rings. The second kappa shape index (κ2) is 13.7. The van der Waals surface area contributed by atoms with Crippen LogP contribution in [-0.2, 0) is 21.9 Å². The fourth-order valence-electron chi connectivity index (χ4n) is 3.17. The lowest BCUT2D eigenvalue weighted by Gasteiger charge is -2.31. The van der Waals surface area contributed by atoms with E-state index in [1.165, 1.54) is 0 Å². The zero-order valence-electron chi connectivity index (χ0n) is 18.1. The highest BCUT2D eigenvalue weighted by atomic mass is 35.5. The third kappa shape index (κ3) is 8.40. The van der Waals surface area contributed by atoms with E-state index in [0.29, 0.717) is 28.8 Å². The van der Waals surface area contributed by atoms with E-state index in [0.717, 1.165) is 29.7 Å². The monoisotopic (exact) mass is 480 g/mol. The van der Waals surface area contributed by atoms with Gasteiger partial charge in [-0.25, -0.2) is 0 Å². The Morgan fingerprint density at radius 1 is 1.10 bits per heavy atom. The quantitative estimate of drug-likeness (QED) is 0.381. The summed E-state index contributed by atoms with van der Waals surface area (Å²) < 4.78 is 0. The molecule has 0 bridgehead atoms. The molecule has 0 aliphatic rings. The maximum absolute atomic E-state index is 13.2. The molecule has 0 aliphatic heterocycles. The van der Waals surface area contributed by atoms with E-state index < -0.39 is 6.04 Å². The Morgan fingerprint density at radius 2 is 1.84 bits per heavy atom. The van der Waals surface area contributed by atoms with Crippen molar-refractivity contribution in [2.45, 2.75) is 51.4 Å². The van der Waals surface area contributed by atoms with Crippen LogP contribution < -0.4 is 5.32 Å². The van der Waals surface area contributed by atoms with Crippen molar-refractivity contribution < 1.29 is 9.59 Å². The van der Waals surface area contributed by atoms with Crippen LogP contribution in [0.5, 0.6) is 0 Å². The maximum Gasteiger partial charge on any atom is 0.242 e. The van der Waals surface area contributed by atoms with Crippen molar-refractivity contribution in [3.05, 3.63) is 69.7 Å². The van der Waals surface area contributed by atoms with Gasteiger partial charge in [0.25, 0.3) is 0 Å². The largest absolute Gasteiger partial charge is 0.354 e. The van der Waals surface area contributed by atoms with Gasteiger partial charge >= 0.3 is 0 Å². The molecule has 1 atom stereocenters. The van der Waals surface area contributed by atoms with Gasteiger partial charge in [-0.05, 0) is 36.1 Å². The van der Waals surface area contributed by atoms with Crippen LogP contribution in [0, 0.1) is 0 Å². The summed E-state index contributed by atoms with van der Waals surface area (Å²) in [5.41, 5.74) is 1.93. The van der Waals surface area contributed by atoms with Gasteiger partial charge in [-0.2, -0.15) is 0 Å². The molecule has 2 rings (SSSR count). The fourth-order valence-corrected chi connectivity index (χ4v) is 4.51. The summed E-state index contributed by atoms with van der Waals surface area (Å²) in [6, 6.07) is 14.7. The van der Waals surface area contributed by atoms with E-state index in [1.54, 1.807) is 28.8 Å². The number of nitrogens with zero attached hydrogens (tertiary/aromatic N) is 1. The molecule has 7 heteroatoms. The molecule has 2 aromatic carbocycles. The molecule has 0 heterocycles. The van der Waals surface area contributed by atoms with Crippen molar-refractivity contribution in [3.63, 3.8) is 0 Å². The van der Waals surface area contributed by atoms with E-state index in [9.17, 15) is 9.59 Å². The predicted molar refractivity (Wildman–Crippen MR) is 132 cm³/mol. The van der Waals surface area contributed by atoms with Gasteiger partial charge in [0.1, 0.15) is 6.04 Å². The van der Waals surface area contributed by atoms with Crippen molar-refractivity contribution in [2.75, 3.05) is 12.3 Å². The normalized spacial score (nSPS) is 11.7.